The SMILES string of the molecule is CCC(C(=O)NC(C)(C)C)N(Cc1ccc(C)cc1)C(=O)CN(c1ccc2c(c1)OCCO2)S(C)(=O)=O. The first-order valence-corrected chi connectivity index (χ1v) is 14.2. The predicted molar refractivity (Wildman–Crippen MR) is 143 cm³/mol. The Hall–Kier alpha value is -3.27. The molecule has 1 N–H and O–H groups in total. The zero-order valence-corrected chi connectivity index (χ0v) is 23.2. The summed E-state index contributed by atoms with van der Waals surface area (Å²) in [6, 6.07) is 11.7. The minimum absolute atomic E-state index is 0.161. The maximum absolute atomic E-state index is 13.8. The lowest BCUT2D eigenvalue weighted by molar-refractivity contribution is -0.141. The van der Waals surface area contributed by atoms with Gasteiger partial charge < -0.3 is 19.7 Å². The van der Waals surface area contributed by atoms with Crippen LogP contribution < -0.4 is 19.1 Å². The first-order valence-electron chi connectivity index (χ1n) is 12.3. The lowest BCUT2D eigenvalue weighted by Crippen LogP contribution is -2.55. The number of ether oxygens (including phenoxy) is 2. The highest BCUT2D eigenvalue weighted by Gasteiger charge is 2.33. The molecule has 2 amide bonds. The molecule has 3 rings (SSSR count). The Morgan fingerprint density at radius 3 is 2.22 bits per heavy atom. The van der Waals surface area contributed by atoms with Crippen LogP contribution in [0, 0.1) is 6.92 Å². The molecule has 1 heterocycles. The predicted octanol–water partition coefficient (Wildman–Crippen LogP) is 3.25. The Morgan fingerprint density at radius 1 is 1.03 bits per heavy atom. The van der Waals surface area contributed by atoms with Crippen molar-refractivity contribution in [2.45, 2.75) is 59.2 Å². The molecule has 0 saturated carbocycles. The van der Waals surface area contributed by atoms with Crippen LogP contribution in [0.25, 0.3) is 0 Å². The van der Waals surface area contributed by atoms with Crippen molar-refractivity contribution in [3.63, 3.8) is 0 Å². The van der Waals surface area contributed by atoms with Crippen LogP contribution in [-0.2, 0) is 26.2 Å². The second-order valence-corrected chi connectivity index (χ2v) is 12.2. The molecule has 37 heavy (non-hydrogen) atoms. The number of sulfonamides is 1. The van der Waals surface area contributed by atoms with E-state index >= 15 is 0 Å². The van der Waals surface area contributed by atoms with Crippen LogP contribution >= 0.6 is 0 Å². The zero-order valence-electron chi connectivity index (χ0n) is 22.4. The summed E-state index contributed by atoms with van der Waals surface area (Å²) in [6.07, 6.45) is 1.41. The minimum atomic E-state index is -3.84. The number of benzene rings is 2. The maximum atomic E-state index is 13.8. The van der Waals surface area contributed by atoms with Gasteiger partial charge in [-0.3, -0.25) is 13.9 Å². The van der Waals surface area contributed by atoms with E-state index in [1.54, 1.807) is 18.2 Å². The van der Waals surface area contributed by atoms with E-state index in [4.69, 9.17) is 9.47 Å². The third kappa shape index (κ3) is 7.61. The van der Waals surface area contributed by atoms with Gasteiger partial charge in [0.15, 0.2) is 11.5 Å². The third-order valence-electron chi connectivity index (χ3n) is 5.85. The van der Waals surface area contributed by atoms with E-state index < -0.39 is 34.1 Å². The molecule has 1 aliphatic heterocycles. The van der Waals surface area contributed by atoms with Gasteiger partial charge in [-0.15, -0.1) is 0 Å². The zero-order chi connectivity index (χ0) is 27.4. The minimum Gasteiger partial charge on any atom is -0.486 e. The number of nitrogens with zero attached hydrogens (tertiary/aromatic N) is 2. The van der Waals surface area contributed by atoms with E-state index in [1.165, 1.54) is 4.90 Å². The van der Waals surface area contributed by atoms with E-state index in [9.17, 15) is 18.0 Å². The van der Waals surface area contributed by atoms with Gasteiger partial charge in [-0.1, -0.05) is 36.8 Å². The summed E-state index contributed by atoms with van der Waals surface area (Å²) in [5, 5.41) is 2.95. The van der Waals surface area contributed by atoms with Gasteiger partial charge in [0.2, 0.25) is 21.8 Å². The Kier molecular flexibility index (Phi) is 8.73. The summed E-state index contributed by atoms with van der Waals surface area (Å²) in [7, 11) is -3.84. The van der Waals surface area contributed by atoms with Crippen LogP contribution in [0.4, 0.5) is 5.69 Å². The second-order valence-electron chi connectivity index (χ2n) is 10.3. The fourth-order valence-electron chi connectivity index (χ4n) is 4.06. The molecule has 1 unspecified atom stereocenters. The number of carbonyl (C=O) groups is 2. The molecule has 0 saturated heterocycles. The van der Waals surface area contributed by atoms with E-state index in [1.807, 2.05) is 58.9 Å². The summed E-state index contributed by atoms with van der Waals surface area (Å²) >= 11 is 0. The molecule has 202 valence electrons. The molecule has 2 aromatic rings. The number of anilines is 1. The molecule has 0 fully saturated rings. The van der Waals surface area contributed by atoms with Gasteiger partial charge in [-0.2, -0.15) is 0 Å². The Labute approximate surface area is 219 Å². The van der Waals surface area contributed by atoms with Gasteiger partial charge in [0.1, 0.15) is 25.8 Å². The second kappa shape index (κ2) is 11.4. The number of amides is 2. The fraction of sp³-hybridized carbons (Fsp3) is 0.481. The number of nitrogens with one attached hydrogen (secondary N) is 1. The number of aryl methyl sites for hydroxylation is 1. The van der Waals surface area contributed by atoms with Crippen LogP contribution in [0.5, 0.6) is 11.5 Å². The van der Waals surface area contributed by atoms with Crippen LogP contribution in [0.1, 0.15) is 45.2 Å². The normalized spacial score (nSPS) is 14.0. The molecule has 1 atom stereocenters. The van der Waals surface area contributed by atoms with Gasteiger partial charge in [-0.25, -0.2) is 8.42 Å². The number of hydrogen-bond donors (Lipinski definition) is 1. The topological polar surface area (TPSA) is 105 Å². The lowest BCUT2D eigenvalue weighted by atomic mass is 10.1. The van der Waals surface area contributed by atoms with E-state index in [-0.39, 0.29) is 18.1 Å². The van der Waals surface area contributed by atoms with Crippen LogP contribution in [-0.4, -0.2) is 62.7 Å². The number of fused-ring (bicyclic) bond motifs is 1. The van der Waals surface area contributed by atoms with Gasteiger partial charge in [0.05, 0.1) is 11.9 Å². The van der Waals surface area contributed by atoms with Crippen molar-refractivity contribution >= 4 is 27.5 Å². The Morgan fingerprint density at radius 2 is 1.65 bits per heavy atom. The fourth-order valence-corrected chi connectivity index (χ4v) is 4.90. The van der Waals surface area contributed by atoms with Gasteiger partial charge >= 0.3 is 0 Å². The van der Waals surface area contributed by atoms with Crippen LogP contribution in [0.15, 0.2) is 42.5 Å². The third-order valence-corrected chi connectivity index (χ3v) is 6.99. The molecule has 0 radical (unpaired) electrons. The summed E-state index contributed by atoms with van der Waals surface area (Å²) in [5.74, 6) is 0.149. The first kappa shape index (κ1) is 28.3. The van der Waals surface area contributed by atoms with E-state index in [0.29, 0.717) is 31.1 Å². The molecule has 10 heteroatoms. The molecular weight excluding hydrogens is 494 g/mol. The van der Waals surface area contributed by atoms with E-state index in [2.05, 4.69) is 5.32 Å². The molecule has 0 aliphatic carbocycles. The highest BCUT2D eigenvalue weighted by atomic mass is 32.2. The number of rotatable bonds is 9. The maximum Gasteiger partial charge on any atom is 0.244 e. The van der Waals surface area contributed by atoms with Crippen molar-refractivity contribution in [3.8, 4) is 11.5 Å². The number of carbonyl (C=O) groups excluding carboxylic acids is 2. The molecule has 0 spiro atoms. The molecule has 2 aromatic carbocycles. The largest absolute Gasteiger partial charge is 0.486 e. The lowest BCUT2D eigenvalue weighted by Gasteiger charge is -2.34. The molecule has 0 aromatic heterocycles. The van der Waals surface area contributed by atoms with Crippen molar-refractivity contribution < 1.29 is 27.5 Å². The van der Waals surface area contributed by atoms with E-state index in [0.717, 1.165) is 21.7 Å². The van der Waals surface area contributed by atoms with Crippen molar-refractivity contribution in [2.75, 3.05) is 30.3 Å². The summed E-state index contributed by atoms with van der Waals surface area (Å²) in [5.41, 5.74) is 1.70. The molecule has 1 aliphatic rings. The molecule has 0 bridgehead atoms. The van der Waals surface area contributed by atoms with Crippen molar-refractivity contribution in [1.82, 2.24) is 10.2 Å². The first-order chi connectivity index (χ1) is 17.3. The van der Waals surface area contributed by atoms with Crippen molar-refractivity contribution in [2.24, 2.45) is 0 Å². The standard InChI is InChI=1S/C27H37N3O6S/c1-7-22(26(32)28-27(3,4)5)29(17-20-10-8-19(2)9-11-20)25(31)18-30(37(6,33)34)21-12-13-23-24(16-21)36-15-14-35-23/h8-13,16,22H,7,14-15,17-18H2,1-6H3,(H,28,32). The Bertz CT molecular complexity index is 1220. The monoisotopic (exact) mass is 531 g/mol. The summed E-state index contributed by atoms with van der Waals surface area (Å²) in [4.78, 5) is 28.5. The highest BCUT2D eigenvalue weighted by Crippen LogP contribution is 2.34. The summed E-state index contributed by atoms with van der Waals surface area (Å²) < 4.78 is 37.8. The smallest absolute Gasteiger partial charge is 0.244 e. The van der Waals surface area contributed by atoms with Crippen molar-refractivity contribution in [1.29, 1.82) is 0 Å². The average Bonchev–Trinajstić information content (AvgIpc) is 2.81. The Balaban J connectivity index is 1.96. The summed E-state index contributed by atoms with van der Waals surface area (Å²) in [6.45, 7) is 9.86. The highest BCUT2D eigenvalue weighted by molar-refractivity contribution is 7.92. The number of hydrogen-bond acceptors (Lipinski definition) is 6. The van der Waals surface area contributed by atoms with Crippen LogP contribution in [0.2, 0.25) is 0 Å². The van der Waals surface area contributed by atoms with Gasteiger partial charge in [0, 0.05) is 18.2 Å². The van der Waals surface area contributed by atoms with Gasteiger partial charge in [-0.05, 0) is 51.8 Å². The quantitative estimate of drug-likeness (QED) is 0.533. The van der Waals surface area contributed by atoms with Gasteiger partial charge in [0.25, 0.3) is 0 Å². The average molecular weight is 532 g/mol. The molecular formula is C27H37N3O6S. The molecule has 9 nitrogen and oxygen atoms in total. The van der Waals surface area contributed by atoms with Crippen LogP contribution in [0.3, 0.4) is 0 Å². The van der Waals surface area contributed by atoms with Crippen molar-refractivity contribution in [3.05, 3.63) is 53.6 Å².